The van der Waals surface area contributed by atoms with Gasteiger partial charge in [0.2, 0.25) is 0 Å². The van der Waals surface area contributed by atoms with Gasteiger partial charge in [0.1, 0.15) is 4.64 Å². The van der Waals surface area contributed by atoms with Crippen molar-refractivity contribution in [2.75, 3.05) is 0 Å². The molecule has 0 atom stereocenters. The maximum absolute atomic E-state index is 5.60. The fraction of sp³-hybridized carbons (Fsp3) is 0.158. The first kappa shape index (κ1) is 15.4. The summed E-state index contributed by atoms with van der Waals surface area (Å²) in [7, 11) is 0. The van der Waals surface area contributed by atoms with Crippen LogP contribution in [0.1, 0.15) is 22.4 Å². The van der Waals surface area contributed by atoms with Crippen molar-refractivity contribution in [2.45, 2.75) is 20.8 Å². The summed E-state index contributed by atoms with van der Waals surface area (Å²) >= 11 is 5.60. The predicted octanol–water partition coefficient (Wildman–Crippen LogP) is 5.21. The molecule has 0 spiro atoms. The zero-order chi connectivity index (χ0) is 16.4. The Kier molecular flexibility index (Phi) is 4.26. The Morgan fingerprint density at radius 2 is 1.74 bits per heavy atom. The Morgan fingerprint density at radius 1 is 1.00 bits per heavy atom. The third-order valence-electron chi connectivity index (χ3n) is 3.96. The zero-order valence-corrected chi connectivity index (χ0v) is 14.3. The number of nitrogens with one attached hydrogen (secondary N) is 1. The molecule has 0 aliphatic rings. The quantitative estimate of drug-likeness (QED) is 0.521. The maximum Gasteiger partial charge on any atom is 0.136 e. The summed E-state index contributed by atoms with van der Waals surface area (Å²) in [6, 6.07) is 16.2. The molecule has 2 aromatic carbocycles. The number of aliphatic imine (C=N–C) groups is 1. The van der Waals surface area contributed by atoms with Crippen LogP contribution in [-0.2, 0) is 0 Å². The van der Waals surface area contributed by atoms with Crippen LogP contribution < -0.4 is 0 Å². The monoisotopic (exact) mass is 321 g/mol. The predicted molar refractivity (Wildman–Crippen MR) is 98.9 cm³/mol. The molecule has 3 nitrogen and oxygen atoms in total. The average Bonchev–Trinajstić information content (AvgIpc) is 2.84. The fourth-order valence-electron chi connectivity index (χ4n) is 2.42. The number of aromatic amines is 1. The smallest absolute Gasteiger partial charge is 0.136 e. The van der Waals surface area contributed by atoms with Crippen LogP contribution in [-0.4, -0.2) is 16.0 Å². The summed E-state index contributed by atoms with van der Waals surface area (Å²) in [5, 5.41) is 3.31. The second kappa shape index (κ2) is 6.34. The molecule has 3 rings (SSSR count). The molecule has 0 radical (unpaired) electrons. The first-order chi connectivity index (χ1) is 11.1. The summed E-state index contributed by atoms with van der Waals surface area (Å²) in [4.78, 5) is 4.58. The Morgan fingerprint density at radius 3 is 2.43 bits per heavy atom. The Bertz CT molecular complexity index is 918. The highest BCUT2D eigenvalue weighted by atomic mass is 32.1. The van der Waals surface area contributed by atoms with E-state index in [-0.39, 0.29) is 0 Å². The van der Waals surface area contributed by atoms with Gasteiger partial charge in [0.15, 0.2) is 0 Å². The van der Waals surface area contributed by atoms with E-state index in [4.69, 9.17) is 12.2 Å². The normalized spacial score (nSPS) is 11.3. The Balaban J connectivity index is 1.98. The lowest BCUT2D eigenvalue weighted by Gasteiger charge is -2.01. The molecular formula is C19H19N3S. The van der Waals surface area contributed by atoms with Crippen molar-refractivity contribution in [3.8, 4) is 5.69 Å². The van der Waals surface area contributed by atoms with E-state index in [1.165, 1.54) is 11.1 Å². The topological polar surface area (TPSA) is 33.1 Å². The van der Waals surface area contributed by atoms with Crippen LogP contribution in [0, 0.1) is 25.4 Å². The van der Waals surface area contributed by atoms with Crippen molar-refractivity contribution >= 4 is 24.1 Å². The molecule has 3 aromatic rings. The maximum atomic E-state index is 5.60. The summed E-state index contributed by atoms with van der Waals surface area (Å²) in [5.41, 5.74) is 6.42. The number of nitrogens with zero attached hydrogens (tertiary/aromatic N) is 2. The van der Waals surface area contributed by atoms with Gasteiger partial charge in [-0.1, -0.05) is 36.5 Å². The first-order valence-electron chi connectivity index (χ1n) is 7.54. The third-order valence-corrected chi connectivity index (χ3v) is 4.37. The van der Waals surface area contributed by atoms with Gasteiger partial charge in [0.05, 0.1) is 16.9 Å². The van der Waals surface area contributed by atoms with Crippen LogP contribution in [0.2, 0.25) is 0 Å². The van der Waals surface area contributed by atoms with E-state index in [0.717, 1.165) is 27.3 Å². The van der Waals surface area contributed by atoms with Crippen molar-refractivity contribution < 1.29 is 0 Å². The summed E-state index contributed by atoms with van der Waals surface area (Å²) in [6.07, 6.45) is 1.84. The van der Waals surface area contributed by atoms with Crippen LogP contribution in [0.15, 0.2) is 53.5 Å². The second-order valence-electron chi connectivity index (χ2n) is 5.65. The lowest BCUT2D eigenvalue weighted by molar-refractivity contribution is 0.853. The van der Waals surface area contributed by atoms with E-state index in [2.05, 4.69) is 36.1 Å². The molecule has 23 heavy (non-hydrogen) atoms. The summed E-state index contributed by atoms with van der Waals surface area (Å²) in [5.74, 6) is 0. The molecule has 0 saturated carbocycles. The molecule has 116 valence electrons. The van der Waals surface area contributed by atoms with Crippen LogP contribution in [0.5, 0.6) is 0 Å². The minimum Gasteiger partial charge on any atom is -0.297 e. The van der Waals surface area contributed by atoms with E-state index in [1.807, 2.05) is 54.2 Å². The lowest BCUT2D eigenvalue weighted by atomic mass is 10.1. The number of aromatic nitrogens is 2. The number of hydrogen-bond acceptors (Lipinski definition) is 2. The molecule has 0 saturated heterocycles. The highest BCUT2D eigenvalue weighted by molar-refractivity contribution is 7.71. The van der Waals surface area contributed by atoms with E-state index in [9.17, 15) is 0 Å². The van der Waals surface area contributed by atoms with E-state index >= 15 is 0 Å². The molecule has 4 heteroatoms. The van der Waals surface area contributed by atoms with Gasteiger partial charge in [0.25, 0.3) is 0 Å². The van der Waals surface area contributed by atoms with Crippen LogP contribution in [0.25, 0.3) is 5.69 Å². The Labute approximate surface area is 141 Å². The van der Waals surface area contributed by atoms with Gasteiger partial charge in [-0.15, -0.1) is 0 Å². The van der Waals surface area contributed by atoms with Crippen LogP contribution >= 0.6 is 12.2 Å². The number of aryl methyl sites for hydroxylation is 3. The number of hydrogen-bond donors (Lipinski definition) is 1. The van der Waals surface area contributed by atoms with Crippen LogP contribution in [0.4, 0.5) is 5.69 Å². The highest BCUT2D eigenvalue weighted by Gasteiger charge is 2.07. The van der Waals surface area contributed by atoms with E-state index in [0.29, 0.717) is 0 Å². The molecule has 0 aliphatic heterocycles. The van der Waals surface area contributed by atoms with Gasteiger partial charge in [-0.25, -0.2) is 4.68 Å². The average molecular weight is 321 g/mol. The lowest BCUT2D eigenvalue weighted by Crippen LogP contribution is -1.95. The van der Waals surface area contributed by atoms with Gasteiger partial charge in [-0.2, -0.15) is 0 Å². The molecule has 0 unspecified atom stereocenters. The van der Waals surface area contributed by atoms with E-state index < -0.39 is 0 Å². The minimum absolute atomic E-state index is 0.737. The summed E-state index contributed by atoms with van der Waals surface area (Å²) in [6.45, 7) is 6.21. The molecular weight excluding hydrogens is 302 g/mol. The van der Waals surface area contributed by atoms with Crippen molar-refractivity contribution in [3.63, 3.8) is 0 Å². The number of benzene rings is 2. The molecule has 0 aliphatic carbocycles. The van der Waals surface area contributed by atoms with Gasteiger partial charge >= 0.3 is 0 Å². The summed E-state index contributed by atoms with van der Waals surface area (Å²) < 4.78 is 2.65. The van der Waals surface area contributed by atoms with Gasteiger partial charge in [0, 0.05) is 11.9 Å². The number of H-pyrrole nitrogens is 1. The molecule has 0 fully saturated rings. The number of rotatable bonds is 3. The van der Waals surface area contributed by atoms with Crippen molar-refractivity contribution in [3.05, 3.63) is 75.6 Å². The van der Waals surface area contributed by atoms with Gasteiger partial charge in [-0.3, -0.25) is 10.1 Å². The molecule has 0 bridgehead atoms. The van der Waals surface area contributed by atoms with Gasteiger partial charge < -0.3 is 0 Å². The SMILES string of the molecule is Cc1ccc(N=Cc2c(C)[nH]n(-c3ccccc3)c2=S)cc1C. The van der Waals surface area contributed by atoms with Crippen molar-refractivity contribution in [1.29, 1.82) is 0 Å². The number of para-hydroxylation sites is 1. The fourth-order valence-corrected chi connectivity index (χ4v) is 2.77. The van der Waals surface area contributed by atoms with Crippen LogP contribution in [0.3, 0.4) is 0 Å². The second-order valence-corrected chi connectivity index (χ2v) is 6.04. The van der Waals surface area contributed by atoms with E-state index in [1.54, 1.807) is 0 Å². The van der Waals surface area contributed by atoms with Crippen molar-refractivity contribution in [2.24, 2.45) is 4.99 Å². The Hall–Kier alpha value is -2.46. The molecule has 1 N–H and O–H groups in total. The highest BCUT2D eigenvalue weighted by Crippen LogP contribution is 2.18. The minimum atomic E-state index is 0.737. The molecule has 1 heterocycles. The molecule has 0 amide bonds. The standard InChI is InChI=1S/C19H19N3S/c1-13-9-10-16(11-14(13)2)20-12-18-15(3)21-22(19(18)23)17-7-5-4-6-8-17/h4-12,21H,1-3H3. The molecule has 1 aromatic heterocycles. The zero-order valence-electron chi connectivity index (χ0n) is 13.5. The van der Waals surface area contributed by atoms with Crippen molar-refractivity contribution in [1.82, 2.24) is 9.78 Å². The van der Waals surface area contributed by atoms with Gasteiger partial charge in [-0.05, 0) is 56.2 Å². The third kappa shape index (κ3) is 3.17. The first-order valence-corrected chi connectivity index (χ1v) is 7.95. The largest absolute Gasteiger partial charge is 0.297 e.